The van der Waals surface area contributed by atoms with Crippen molar-refractivity contribution in [3.8, 4) is 16.9 Å². The maximum atomic E-state index is 14.0. The van der Waals surface area contributed by atoms with Gasteiger partial charge in [-0.25, -0.2) is 4.39 Å². The molecule has 0 aromatic heterocycles. The molecule has 0 heterocycles. The van der Waals surface area contributed by atoms with Crippen LogP contribution in [0.25, 0.3) is 11.1 Å². The predicted octanol–water partition coefficient (Wildman–Crippen LogP) is 3.22. The molecule has 0 aliphatic rings. The zero-order chi connectivity index (χ0) is 13.0. The van der Waals surface area contributed by atoms with Gasteiger partial charge in [0, 0.05) is 12.1 Å². The normalized spacial score (nSPS) is 10.4. The molecule has 0 amide bonds. The molecular formula is C15H16FNO. The van der Waals surface area contributed by atoms with Crippen molar-refractivity contribution < 1.29 is 9.13 Å². The molecule has 18 heavy (non-hydrogen) atoms. The van der Waals surface area contributed by atoms with E-state index in [-0.39, 0.29) is 5.82 Å². The van der Waals surface area contributed by atoms with Crippen LogP contribution in [0.3, 0.4) is 0 Å². The van der Waals surface area contributed by atoms with Crippen LogP contribution in [-0.2, 0) is 6.54 Å². The third-order valence-corrected chi connectivity index (χ3v) is 2.82. The van der Waals surface area contributed by atoms with Crippen LogP contribution in [0.5, 0.6) is 5.75 Å². The average molecular weight is 245 g/mol. The van der Waals surface area contributed by atoms with Gasteiger partial charge in [-0.3, -0.25) is 0 Å². The Bertz CT molecular complexity index is 523. The molecule has 0 saturated heterocycles. The maximum Gasteiger partial charge on any atom is 0.131 e. The molecule has 0 spiro atoms. The van der Waals surface area contributed by atoms with Crippen molar-refractivity contribution in [1.29, 1.82) is 0 Å². The molecule has 0 aliphatic heterocycles. The van der Waals surface area contributed by atoms with Gasteiger partial charge in [0.1, 0.15) is 11.6 Å². The molecule has 2 aromatic carbocycles. The Morgan fingerprint density at radius 2 is 1.83 bits per heavy atom. The largest absolute Gasteiger partial charge is 0.497 e. The van der Waals surface area contributed by atoms with Crippen LogP contribution >= 0.6 is 0 Å². The number of halogens is 1. The number of rotatable bonds is 4. The highest BCUT2D eigenvalue weighted by Crippen LogP contribution is 2.25. The summed E-state index contributed by atoms with van der Waals surface area (Å²) in [6, 6.07) is 12.7. The van der Waals surface area contributed by atoms with Gasteiger partial charge in [-0.05, 0) is 36.4 Å². The lowest BCUT2D eigenvalue weighted by Gasteiger charge is -2.07. The van der Waals surface area contributed by atoms with Crippen LogP contribution < -0.4 is 10.1 Å². The number of methoxy groups -OCH3 is 1. The Labute approximate surface area is 106 Å². The Balaban J connectivity index is 2.32. The fraction of sp³-hybridized carbons (Fsp3) is 0.200. The van der Waals surface area contributed by atoms with E-state index in [1.807, 2.05) is 43.4 Å². The van der Waals surface area contributed by atoms with Crippen LogP contribution in [-0.4, -0.2) is 14.2 Å². The maximum absolute atomic E-state index is 14.0. The van der Waals surface area contributed by atoms with Gasteiger partial charge in [0.25, 0.3) is 0 Å². The Morgan fingerprint density at radius 3 is 2.39 bits per heavy atom. The summed E-state index contributed by atoms with van der Waals surface area (Å²) < 4.78 is 19.1. The number of ether oxygens (including phenoxy) is 1. The zero-order valence-corrected chi connectivity index (χ0v) is 10.5. The summed E-state index contributed by atoms with van der Waals surface area (Å²) in [5.41, 5.74) is 2.40. The van der Waals surface area contributed by atoms with Crippen molar-refractivity contribution in [2.75, 3.05) is 14.2 Å². The molecule has 1 N–H and O–H groups in total. The van der Waals surface area contributed by atoms with Crippen LogP contribution in [0.15, 0.2) is 42.5 Å². The van der Waals surface area contributed by atoms with Gasteiger partial charge >= 0.3 is 0 Å². The zero-order valence-electron chi connectivity index (χ0n) is 10.5. The first-order valence-corrected chi connectivity index (χ1v) is 5.82. The summed E-state index contributed by atoms with van der Waals surface area (Å²) in [6.07, 6.45) is 0. The molecule has 0 aliphatic carbocycles. The highest BCUT2D eigenvalue weighted by atomic mass is 19.1. The first-order chi connectivity index (χ1) is 8.74. The van der Waals surface area contributed by atoms with Gasteiger partial charge in [-0.1, -0.05) is 24.3 Å². The van der Waals surface area contributed by atoms with E-state index in [1.54, 1.807) is 13.2 Å². The van der Waals surface area contributed by atoms with Crippen molar-refractivity contribution in [2.45, 2.75) is 6.54 Å². The highest BCUT2D eigenvalue weighted by molar-refractivity contribution is 5.65. The minimum Gasteiger partial charge on any atom is -0.497 e. The van der Waals surface area contributed by atoms with Gasteiger partial charge in [-0.2, -0.15) is 0 Å². The molecular weight excluding hydrogens is 229 g/mol. The molecule has 2 nitrogen and oxygen atoms in total. The lowest BCUT2D eigenvalue weighted by atomic mass is 10.0. The minimum atomic E-state index is -0.201. The number of benzene rings is 2. The summed E-state index contributed by atoms with van der Waals surface area (Å²) >= 11 is 0. The molecule has 94 valence electrons. The Hall–Kier alpha value is -1.87. The third-order valence-electron chi connectivity index (χ3n) is 2.82. The SMILES string of the molecule is CNCc1ccc(-c2ccc(OC)cc2)c(F)c1. The fourth-order valence-corrected chi connectivity index (χ4v) is 1.88. The number of hydrogen-bond acceptors (Lipinski definition) is 2. The molecule has 0 unspecified atom stereocenters. The van der Waals surface area contributed by atoms with Gasteiger partial charge in [0.15, 0.2) is 0 Å². The molecule has 0 saturated carbocycles. The monoisotopic (exact) mass is 245 g/mol. The summed E-state index contributed by atoms with van der Waals surface area (Å²) in [6.45, 7) is 0.666. The van der Waals surface area contributed by atoms with Gasteiger partial charge in [0.05, 0.1) is 7.11 Å². The molecule has 2 rings (SSSR count). The summed E-state index contributed by atoms with van der Waals surface area (Å²) in [4.78, 5) is 0. The molecule has 0 atom stereocenters. The predicted molar refractivity (Wildman–Crippen MR) is 71.2 cm³/mol. The average Bonchev–Trinajstić information content (AvgIpc) is 2.40. The van der Waals surface area contributed by atoms with E-state index in [2.05, 4.69) is 5.32 Å². The molecule has 2 aromatic rings. The number of nitrogens with one attached hydrogen (secondary N) is 1. The smallest absolute Gasteiger partial charge is 0.131 e. The Kier molecular flexibility index (Phi) is 3.95. The second-order valence-corrected chi connectivity index (χ2v) is 4.07. The standard InChI is InChI=1S/C15H16FNO/c1-17-10-11-3-8-14(15(16)9-11)12-4-6-13(18-2)7-5-12/h3-9,17H,10H2,1-2H3. The number of hydrogen-bond donors (Lipinski definition) is 1. The summed E-state index contributed by atoms with van der Waals surface area (Å²) in [7, 11) is 3.46. The van der Waals surface area contributed by atoms with Crippen molar-refractivity contribution in [3.05, 3.63) is 53.8 Å². The summed E-state index contributed by atoms with van der Waals surface area (Å²) in [5.74, 6) is 0.568. The van der Waals surface area contributed by atoms with Crippen LogP contribution in [0.4, 0.5) is 4.39 Å². The molecule has 0 bridgehead atoms. The van der Waals surface area contributed by atoms with Crippen LogP contribution in [0.2, 0.25) is 0 Å². The second-order valence-electron chi connectivity index (χ2n) is 4.07. The molecule has 3 heteroatoms. The van der Waals surface area contributed by atoms with E-state index in [9.17, 15) is 4.39 Å². The lowest BCUT2D eigenvalue weighted by molar-refractivity contribution is 0.415. The summed E-state index contributed by atoms with van der Waals surface area (Å²) in [5, 5.41) is 3.00. The van der Waals surface area contributed by atoms with E-state index in [4.69, 9.17) is 4.74 Å². The van der Waals surface area contributed by atoms with Gasteiger partial charge in [-0.15, -0.1) is 0 Å². The van der Waals surface area contributed by atoms with E-state index >= 15 is 0 Å². The van der Waals surface area contributed by atoms with Crippen molar-refractivity contribution in [2.24, 2.45) is 0 Å². The van der Waals surface area contributed by atoms with E-state index in [1.165, 1.54) is 0 Å². The fourth-order valence-electron chi connectivity index (χ4n) is 1.88. The third kappa shape index (κ3) is 2.68. The van der Waals surface area contributed by atoms with Crippen molar-refractivity contribution in [3.63, 3.8) is 0 Å². The van der Waals surface area contributed by atoms with E-state index in [0.717, 1.165) is 16.9 Å². The molecule has 0 fully saturated rings. The van der Waals surface area contributed by atoms with Crippen molar-refractivity contribution >= 4 is 0 Å². The van der Waals surface area contributed by atoms with Crippen molar-refractivity contribution in [1.82, 2.24) is 5.32 Å². The van der Waals surface area contributed by atoms with Crippen LogP contribution in [0, 0.1) is 5.82 Å². The minimum absolute atomic E-state index is 0.201. The van der Waals surface area contributed by atoms with Gasteiger partial charge < -0.3 is 10.1 Å². The second kappa shape index (κ2) is 5.65. The Morgan fingerprint density at radius 1 is 1.11 bits per heavy atom. The highest BCUT2D eigenvalue weighted by Gasteiger charge is 2.06. The quantitative estimate of drug-likeness (QED) is 0.893. The molecule has 0 radical (unpaired) electrons. The van der Waals surface area contributed by atoms with Gasteiger partial charge in [0.2, 0.25) is 0 Å². The van der Waals surface area contributed by atoms with Crippen LogP contribution in [0.1, 0.15) is 5.56 Å². The van der Waals surface area contributed by atoms with E-state index in [0.29, 0.717) is 12.1 Å². The lowest BCUT2D eigenvalue weighted by Crippen LogP contribution is -2.05. The first kappa shape index (κ1) is 12.6. The topological polar surface area (TPSA) is 21.3 Å². The van der Waals surface area contributed by atoms with E-state index < -0.39 is 0 Å². The first-order valence-electron chi connectivity index (χ1n) is 5.82.